The van der Waals surface area contributed by atoms with E-state index in [9.17, 15) is 4.39 Å². The average molecular weight is 291 g/mol. The van der Waals surface area contributed by atoms with Gasteiger partial charge in [-0.3, -0.25) is 10.00 Å². The molecule has 5 heteroatoms. The standard InChI is InChI=1S/C16H22FN3O/c1-11-7-12-9-18-19-16(12)8-14(11)13-3-4-20(5-6-21-2)10-15(13)17/h7-9,13,15H,3-6,10H2,1-2H3,(H,18,19). The molecule has 1 aromatic heterocycles. The molecule has 1 saturated heterocycles. The minimum atomic E-state index is -0.824. The summed E-state index contributed by atoms with van der Waals surface area (Å²) in [5.74, 6) is -0.0171. The summed E-state index contributed by atoms with van der Waals surface area (Å²) < 4.78 is 19.7. The first-order chi connectivity index (χ1) is 10.2. The summed E-state index contributed by atoms with van der Waals surface area (Å²) in [4.78, 5) is 2.15. The van der Waals surface area contributed by atoms with Gasteiger partial charge in [0.15, 0.2) is 0 Å². The van der Waals surface area contributed by atoms with Gasteiger partial charge in [-0.15, -0.1) is 0 Å². The minimum Gasteiger partial charge on any atom is -0.383 e. The van der Waals surface area contributed by atoms with Crippen molar-refractivity contribution in [3.8, 4) is 0 Å². The predicted molar refractivity (Wildman–Crippen MR) is 81.4 cm³/mol. The van der Waals surface area contributed by atoms with E-state index < -0.39 is 6.17 Å². The zero-order chi connectivity index (χ0) is 14.8. The van der Waals surface area contributed by atoms with Crippen molar-refractivity contribution >= 4 is 10.9 Å². The molecule has 0 radical (unpaired) electrons. The summed E-state index contributed by atoms with van der Waals surface area (Å²) in [6.07, 6.45) is 1.84. The Bertz CT molecular complexity index is 613. The van der Waals surface area contributed by atoms with Crippen LogP contribution in [0.1, 0.15) is 23.5 Å². The van der Waals surface area contributed by atoms with Gasteiger partial charge in [0.1, 0.15) is 6.17 Å². The number of aryl methyl sites for hydroxylation is 1. The van der Waals surface area contributed by atoms with Crippen molar-refractivity contribution in [2.45, 2.75) is 25.4 Å². The zero-order valence-corrected chi connectivity index (χ0v) is 12.6. The molecule has 1 aliphatic rings. The highest BCUT2D eigenvalue weighted by molar-refractivity contribution is 5.79. The number of aromatic amines is 1. The normalized spacial score (nSPS) is 23.8. The smallest absolute Gasteiger partial charge is 0.120 e. The van der Waals surface area contributed by atoms with E-state index in [1.165, 1.54) is 0 Å². The lowest BCUT2D eigenvalue weighted by Gasteiger charge is -2.35. The second-order valence-corrected chi connectivity index (χ2v) is 5.87. The van der Waals surface area contributed by atoms with Crippen LogP contribution in [0.5, 0.6) is 0 Å². The monoisotopic (exact) mass is 291 g/mol. The predicted octanol–water partition coefficient (Wildman–Crippen LogP) is 2.65. The molecule has 2 unspecified atom stereocenters. The van der Waals surface area contributed by atoms with Gasteiger partial charge in [-0.2, -0.15) is 5.10 Å². The molecule has 0 amide bonds. The van der Waals surface area contributed by atoms with Crippen LogP contribution in [0.2, 0.25) is 0 Å². The number of nitrogens with one attached hydrogen (secondary N) is 1. The number of fused-ring (bicyclic) bond motifs is 1. The summed E-state index contributed by atoms with van der Waals surface area (Å²) in [5.41, 5.74) is 3.26. The van der Waals surface area contributed by atoms with E-state index in [0.717, 1.165) is 41.5 Å². The fourth-order valence-corrected chi connectivity index (χ4v) is 3.26. The summed E-state index contributed by atoms with van der Waals surface area (Å²) in [5, 5.41) is 8.12. The first-order valence-electron chi connectivity index (χ1n) is 7.48. The zero-order valence-electron chi connectivity index (χ0n) is 12.6. The third-order valence-corrected chi connectivity index (χ3v) is 4.46. The van der Waals surface area contributed by atoms with E-state index in [1.807, 2.05) is 6.20 Å². The average Bonchev–Trinajstić information content (AvgIpc) is 2.91. The van der Waals surface area contributed by atoms with E-state index in [-0.39, 0.29) is 5.92 Å². The van der Waals surface area contributed by atoms with Gasteiger partial charge in [-0.1, -0.05) is 0 Å². The number of likely N-dealkylation sites (tertiary alicyclic amines) is 1. The number of hydrogen-bond donors (Lipinski definition) is 1. The first kappa shape index (κ1) is 14.5. The van der Waals surface area contributed by atoms with Crippen molar-refractivity contribution in [3.05, 3.63) is 29.5 Å². The lowest BCUT2D eigenvalue weighted by molar-refractivity contribution is 0.0862. The van der Waals surface area contributed by atoms with Crippen molar-refractivity contribution in [1.82, 2.24) is 15.1 Å². The fraction of sp³-hybridized carbons (Fsp3) is 0.562. The van der Waals surface area contributed by atoms with Crippen molar-refractivity contribution in [2.75, 3.05) is 33.4 Å². The number of rotatable bonds is 4. The third-order valence-electron chi connectivity index (χ3n) is 4.46. The first-order valence-corrected chi connectivity index (χ1v) is 7.48. The number of piperidine rings is 1. The molecule has 2 atom stereocenters. The van der Waals surface area contributed by atoms with Crippen LogP contribution < -0.4 is 0 Å². The van der Waals surface area contributed by atoms with Crippen LogP contribution >= 0.6 is 0 Å². The molecule has 2 heterocycles. The SMILES string of the molecule is COCCN1CCC(c2cc3[nH]ncc3cc2C)C(F)C1. The maximum atomic E-state index is 14.6. The molecule has 1 N–H and O–H groups in total. The molecule has 114 valence electrons. The molecule has 1 aliphatic heterocycles. The maximum absolute atomic E-state index is 14.6. The highest BCUT2D eigenvalue weighted by Crippen LogP contribution is 2.34. The van der Waals surface area contributed by atoms with Crippen LogP contribution in [0.4, 0.5) is 4.39 Å². The number of alkyl halides is 1. The number of methoxy groups -OCH3 is 1. The Kier molecular flexibility index (Phi) is 4.22. The molecule has 0 spiro atoms. The molecular formula is C16H22FN3O. The molecule has 0 bridgehead atoms. The maximum Gasteiger partial charge on any atom is 0.120 e. The van der Waals surface area contributed by atoms with Crippen LogP contribution in [0.3, 0.4) is 0 Å². The number of hydrogen-bond acceptors (Lipinski definition) is 3. The second kappa shape index (κ2) is 6.12. The van der Waals surface area contributed by atoms with Gasteiger partial charge in [0, 0.05) is 31.5 Å². The Labute approximate surface area is 124 Å². The molecule has 3 rings (SSSR count). The number of benzene rings is 1. The van der Waals surface area contributed by atoms with Gasteiger partial charge in [-0.25, -0.2) is 4.39 Å². The quantitative estimate of drug-likeness (QED) is 0.941. The number of ether oxygens (including phenoxy) is 1. The van der Waals surface area contributed by atoms with Gasteiger partial charge in [-0.05, 0) is 43.1 Å². The van der Waals surface area contributed by atoms with Crippen LogP contribution in [0.25, 0.3) is 10.9 Å². The Hall–Kier alpha value is -1.46. The fourth-order valence-electron chi connectivity index (χ4n) is 3.26. The number of nitrogens with zero attached hydrogens (tertiary/aromatic N) is 2. The molecule has 0 saturated carbocycles. The molecule has 21 heavy (non-hydrogen) atoms. The number of halogens is 1. The van der Waals surface area contributed by atoms with Gasteiger partial charge in [0.25, 0.3) is 0 Å². The van der Waals surface area contributed by atoms with Crippen molar-refractivity contribution in [1.29, 1.82) is 0 Å². The Balaban J connectivity index is 1.78. The molecule has 1 fully saturated rings. The minimum absolute atomic E-state index is 0.0171. The van der Waals surface area contributed by atoms with Gasteiger partial charge in [0.05, 0.1) is 18.3 Å². The number of aromatic nitrogens is 2. The largest absolute Gasteiger partial charge is 0.383 e. The highest BCUT2D eigenvalue weighted by Gasteiger charge is 2.31. The third kappa shape index (κ3) is 2.94. The summed E-state index contributed by atoms with van der Waals surface area (Å²) in [6.45, 7) is 4.95. The van der Waals surface area contributed by atoms with Crippen molar-refractivity contribution < 1.29 is 9.13 Å². The molecule has 2 aromatic rings. The Morgan fingerprint density at radius 3 is 3.10 bits per heavy atom. The topological polar surface area (TPSA) is 41.1 Å². The van der Waals surface area contributed by atoms with Crippen LogP contribution in [0.15, 0.2) is 18.3 Å². The highest BCUT2D eigenvalue weighted by atomic mass is 19.1. The lowest BCUT2D eigenvalue weighted by Crippen LogP contribution is -2.42. The van der Waals surface area contributed by atoms with E-state index in [4.69, 9.17) is 4.74 Å². The lowest BCUT2D eigenvalue weighted by atomic mass is 9.85. The van der Waals surface area contributed by atoms with E-state index in [0.29, 0.717) is 13.2 Å². The van der Waals surface area contributed by atoms with E-state index in [2.05, 4.69) is 34.2 Å². The Morgan fingerprint density at radius 2 is 2.33 bits per heavy atom. The molecule has 1 aromatic carbocycles. The molecule has 0 aliphatic carbocycles. The van der Waals surface area contributed by atoms with Crippen molar-refractivity contribution in [3.63, 3.8) is 0 Å². The van der Waals surface area contributed by atoms with Crippen LogP contribution in [0, 0.1) is 6.92 Å². The molecule has 4 nitrogen and oxygen atoms in total. The Morgan fingerprint density at radius 1 is 1.48 bits per heavy atom. The van der Waals surface area contributed by atoms with E-state index >= 15 is 0 Å². The van der Waals surface area contributed by atoms with Gasteiger partial charge >= 0.3 is 0 Å². The number of H-pyrrole nitrogens is 1. The van der Waals surface area contributed by atoms with Gasteiger partial charge < -0.3 is 4.74 Å². The summed E-state index contributed by atoms with van der Waals surface area (Å²) in [6, 6.07) is 4.16. The second-order valence-electron chi connectivity index (χ2n) is 5.87. The van der Waals surface area contributed by atoms with Crippen LogP contribution in [-0.4, -0.2) is 54.6 Å². The van der Waals surface area contributed by atoms with Gasteiger partial charge in [0.2, 0.25) is 0 Å². The molecular weight excluding hydrogens is 269 g/mol. The van der Waals surface area contributed by atoms with Crippen LogP contribution in [-0.2, 0) is 4.74 Å². The van der Waals surface area contributed by atoms with Crippen molar-refractivity contribution in [2.24, 2.45) is 0 Å². The summed E-state index contributed by atoms with van der Waals surface area (Å²) >= 11 is 0. The summed E-state index contributed by atoms with van der Waals surface area (Å²) in [7, 11) is 1.68. The van der Waals surface area contributed by atoms with E-state index in [1.54, 1.807) is 7.11 Å².